The van der Waals surface area contributed by atoms with E-state index in [2.05, 4.69) is 12.8 Å². The van der Waals surface area contributed by atoms with Gasteiger partial charge in [-0.05, 0) is 29.7 Å². The fourth-order valence-corrected chi connectivity index (χ4v) is 1.30. The van der Waals surface area contributed by atoms with Gasteiger partial charge in [0.2, 0.25) is 0 Å². The van der Waals surface area contributed by atoms with Crippen molar-refractivity contribution >= 4 is 0 Å². The van der Waals surface area contributed by atoms with Crippen LogP contribution in [-0.4, -0.2) is 6.67 Å². The second-order valence-corrected chi connectivity index (χ2v) is 3.33. The first-order valence-corrected chi connectivity index (χ1v) is 4.70. The fraction of sp³-hybridized carbons (Fsp3) is 0.308. The van der Waals surface area contributed by atoms with E-state index in [1.807, 2.05) is 18.2 Å². The Kier molecular flexibility index (Phi) is 3.71. The molecule has 1 radical (unpaired) electrons. The summed E-state index contributed by atoms with van der Waals surface area (Å²) in [5, 5.41) is 0. The molecule has 0 aliphatic carbocycles. The lowest BCUT2D eigenvalue weighted by atomic mass is 9.96. The third-order valence-corrected chi connectivity index (χ3v) is 2.26. The van der Waals surface area contributed by atoms with Crippen LogP contribution >= 0.6 is 0 Å². The summed E-state index contributed by atoms with van der Waals surface area (Å²) >= 11 is 0. The van der Waals surface area contributed by atoms with Gasteiger partial charge < -0.3 is 0 Å². The van der Waals surface area contributed by atoms with Crippen molar-refractivity contribution in [3.8, 4) is 12.3 Å². The molecule has 0 N–H and O–H groups in total. The molecule has 0 aliphatic rings. The van der Waals surface area contributed by atoms with Crippen molar-refractivity contribution in [1.29, 1.82) is 0 Å². The van der Waals surface area contributed by atoms with Gasteiger partial charge in [0.1, 0.15) is 0 Å². The molecule has 0 spiro atoms. The van der Waals surface area contributed by atoms with Crippen LogP contribution in [0.15, 0.2) is 18.2 Å². The van der Waals surface area contributed by atoms with Gasteiger partial charge in [-0.3, -0.25) is 4.39 Å². The molecule has 0 nitrogen and oxygen atoms in total. The lowest BCUT2D eigenvalue weighted by molar-refractivity contribution is 0.516. The Morgan fingerprint density at radius 1 is 1.43 bits per heavy atom. The average molecular weight is 189 g/mol. The third kappa shape index (κ3) is 2.35. The van der Waals surface area contributed by atoms with Crippen LogP contribution < -0.4 is 0 Å². The average Bonchev–Trinajstić information content (AvgIpc) is 2.27. The Balaban J connectivity index is 3.12. The van der Waals surface area contributed by atoms with E-state index in [4.69, 9.17) is 6.42 Å². The van der Waals surface area contributed by atoms with Gasteiger partial charge in [-0.2, -0.15) is 0 Å². The molecule has 0 fully saturated rings. The largest absolute Gasteiger partial charge is 0.250 e. The molecule has 1 aromatic rings. The molecule has 0 saturated heterocycles. The minimum absolute atomic E-state index is 0.419. The van der Waals surface area contributed by atoms with Crippen LogP contribution in [0, 0.1) is 18.3 Å². The molecule has 0 bridgehead atoms. The summed E-state index contributed by atoms with van der Waals surface area (Å²) in [6, 6.07) is 5.82. The maximum absolute atomic E-state index is 12.5. The standard InChI is InChI=1S/C13H14F/c1-4-11-6-12(5-2)8-13(7-11)10(3)9-14/h1,6-8H,5,9H2,2-3H3. The van der Waals surface area contributed by atoms with Gasteiger partial charge in [0, 0.05) is 11.5 Å². The second kappa shape index (κ2) is 4.81. The Morgan fingerprint density at radius 2 is 2.14 bits per heavy atom. The number of hydrogen-bond acceptors (Lipinski definition) is 0. The van der Waals surface area contributed by atoms with Gasteiger partial charge in [-0.25, -0.2) is 0 Å². The molecule has 0 aliphatic heterocycles. The Labute approximate surface area is 85.2 Å². The zero-order valence-electron chi connectivity index (χ0n) is 8.60. The number of benzene rings is 1. The number of aryl methyl sites for hydroxylation is 1. The van der Waals surface area contributed by atoms with Crippen LogP contribution in [0.4, 0.5) is 4.39 Å². The quantitative estimate of drug-likeness (QED) is 0.641. The summed E-state index contributed by atoms with van der Waals surface area (Å²) in [4.78, 5) is 0. The molecule has 0 aromatic heterocycles. The van der Waals surface area contributed by atoms with Crippen LogP contribution in [0.5, 0.6) is 0 Å². The first-order chi connectivity index (χ1) is 6.71. The van der Waals surface area contributed by atoms with Gasteiger partial charge in [0.05, 0.1) is 6.67 Å². The first kappa shape index (κ1) is 10.8. The first-order valence-electron chi connectivity index (χ1n) is 4.70. The molecule has 73 valence electrons. The van der Waals surface area contributed by atoms with Gasteiger partial charge in [0.25, 0.3) is 0 Å². The lowest BCUT2D eigenvalue weighted by Crippen LogP contribution is -1.98. The molecule has 1 rings (SSSR count). The van der Waals surface area contributed by atoms with Gasteiger partial charge in [-0.15, -0.1) is 6.42 Å². The van der Waals surface area contributed by atoms with Crippen molar-refractivity contribution in [3.05, 3.63) is 40.8 Å². The summed E-state index contributed by atoms with van der Waals surface area (Å²) < 4.78 is 12.5. The SMILES string of the molecule is C#Cc1cc(CC)cc([C](C)CF)c1. The van der Waals surface area contributed by atoms with E-state index in [1.165, 1.54) is 0 Å². The maximum Gasteiger partial charge on any atom is 0.0997 e. The van der Waals surface area contributed by atoms with Gasteiger partial charge >= 0.3 is 0 Å². The summed E-state index contributed by atoms with van der Waals surface area (Å²) in [6.07, 6.45) is 6.25. The van der Waals surface area contributed by atoms with Gasteiger partial charge in [-0.1, -0.05) is 25.8 Å². The van der Waals surface area contributed by atoms with E-state index in [-0.39, 0.29) is 0 Å². The fourth-order valence-electron chi connectivity index (χ4n) is 1.30. The summed E-state index contributed by atoms with van der Waals surface area (Å²) in [6.45, 7) is 3.43. The van der Waals surface area contributed by atoms with Crippen molar-refractivity contribution in [2.75, 3.05) is 6.67 Å². The molecule has 0 saturated carbocycles. The predicted molar refractivity (Wildman–Crippen MR) is 57.7 cm³/mol. The van der Waals surface area contributed by atoms with Crippen molar-refractivity contribution in [2.45, 2.75) is 20.3 Å². The molecular formula is C13H14F. The molecule has 0 heterocycles. The van der Waals surface area contributed by atoms with E-state index in [0.29, 0.717) is 0 Å². The Morgan fingerprint density at radius 3 is 2.64 bits per heavy atom. The van der Waals surface area contributed by atoms with Crippen LogP contribution in [0.3, 0.4) is 0 Å². The number of hydrogen-bond donors (Lipinski definition) is 0. The monoisotopic (exact) mass is 189 g/mol. The highest BCUT2D eigenvalue weighted by Crippen LogP contribution is 2.18. The van der Waals surface area contributed by atoms with Crippen LogP contribution in [0.1, 0.15) is 30.5 Å². The lowest BCUT2D eigenvalue weighted by Gasteiger charge is -2.09. The predicted octanol–water partition coefficient (Wildman–Crippen LogP) is 3.14. The Bertz CT molecular complexity index is 347. The molecule has 1 aromatic carbocycles. The van der Waals surface area contributed by atoms with Crippen molar-refractivity contribution in [1.82, 2.24) is 0 Å². The number of halogens is 1. The summed E-state index contributed by atoms with van der Waals surface area (Å²) in [5.74, 6) is 3.32. The minimum Gasteiger partial charge on any atom is -0.250 e. The minimum atomic E-state index is -0.419. The summed E-state index contributed by atoms with van der Waals surface area (Å²) in [5.41, 5.74) is 2.90. The highest BCUT2D eigenvalue weighted by Gasteiger charge is 2.07. The molecular weight excluding hydrogens is 175 g/mol. The smallest absolute Gasteiger partial charge is 0.0997 e. The number of rotatable bonds is 3. The summed E-state index contributed by atoms with van der Waals surface area (Å²) in [7, 11) is 0. The Hall–Kier alpha value is -1.29. The third-order valence-electron chi connectivity index (χ3n) is 2.26. The van der Waals surface area contributed by atoms with Crippen molar-refractivity contribution < 1.29 is 4.39 Å². The molecule has 1 heteroatoms. The molecule has 14 heavy (non-hydrogen) atoms. The topological polar surface area (TPSA) is 0 Å². The number of terminal acetylenes is 1. The van der Waals surface area contributed by atoms with Crippen LogP contribution in [0.2, 0.25) is 0 Å². The maximum atomic E-state index is 12.5. The van der Waals surface area contributed by atoms with E-state index in [1.54, 1.807) is 6.92 Å². The number of alkyl halides is 1. The van der Waals surface area contributed by atoms with E-state index < -0.39 is 6.67 Å². The normalized spacial score (nSPS) is 10.2. The van der Waals surface area contributed by atoms with Crippen LogP contribution in [0.25, 0.3) is 0 Å². The highest BCUT2D eigenvalue weighted by molar-refractivity contribution is 5.44. The van der Waals surface area contributed by atoms with Gasteiger partial charge in [0.15, 0.2) is 0 Å². The van der Waals surface area contributed by atoms with Crippen LogP contribution in [-0.2, 0) is 6.42 Å². The molecule has 0 atom stereocenters. The zero-order chi connectivity index (χ0) is 10.6. The van der Waals surface area contributed by atoms with Crippen molar-refractivity contribution in [2.24, 2.45) is 0 Å². The van der Waals surface area contributed by atoms with Crippen molar-refractivity contribution in [3.63, 3.8) is 0 Å². The van der Waals surface area contributed by atoms with E-state index in [9.17, 15) is 4.39 Å². The molecule has 0 unspecified atom stereocenters. The van der Waals surface area contributed by atoms with E-state index >= 15 is 0 Å². The molecule has 0 amide bonds. The highest BCUT2D eigenvalue weighted by atomic mass is 19.1. The zero-order valence-corrected chi connectivity index (χ0v) is 8.60. The van der Waals surface area contributed by atoms with E-state index in [0.717, 1.165) is 29.0 Å². The second-order valence-electron chi connectivity index (χ2n) is 3.33.